The first-order valence-electron chi connectivity index (χ1n) is 5.99. The van der Waals surface area contributed by atoms with Crippen LogP contribution in [0.3, 0.4) is 0 Å². The smallest absolute Gasteiger partial charge is 0.303 e. The number of carboxylic acid groups (broad SMARTS) is 2. The standard InChI is InChI=1S/C6H10O4.C5H12O6/c7-5(8)3-1-2-4-6(9)10;6-1-4(2-7,3-8)5(9,10)11/h1-4H2,(H,7,8)(H,9,10);6-11H,1-3H2. The Bertz CT molecular complexity index is 280. The largest absolute Gasteiger partial charge is 0.481 e. The van der Waals surface area contributed by atoms with E-state index in [0.29, 0.717) is 12.8 Å². The van der Waals surface area contributed by atoms with Crippen LogP contribution in [0.25, 0.3) is 0 Å². The number of carbonyl (C=O) groups is 2. The van der Waals surface area contributed by atoms with E-state index in [9.17, 15) is 9.59 Å². The molecule has 0 atom stereocenters. The zero-order valence-electron chi connectivity index (χ0n) is 11.3. The molecular weight excluding hydrogens is 292 g/mol. The summed E-state index contributed by atoms with van der Waals surface area (Å²) in [5, 5.41) is 67.5. The molecule has 0 aromatic rings. The van der Waals surface area contributed by atoms with Gasteiger partial charge in [-0.3, -0.25) is 9.59 Å². The van der Waals surface area contributed by atoms with Gasteiger partial charge in [-0.15, -0.1) is 0 Å². The van der Waals surface area contributed by atoms with E-state index in [0.717, 1.165) is 0 Å². The van der Waals surface area contributed by atoms with Crippen LogP contribution in [0.2, 0.25) is 0 Å². The van der Waals surface area contributed by atoms with Crippen LogP contribution in [0, 0.1) is 5.41 Å². The first kappa shape index (κ1) is 22.0. The van der Waals surface area contributed by atoms with Crippen LogP contribution >= 0.6 is 0 Å². The van der Waals surface area contributed by atoms with Gasteiger partial charge in [0.1, 0.15) is 5.41 Å². The van der Waals surface area contributed by atoms with E-state index in [-0.39, 0.29) is 12.8 Å². The van der Waals surface area contributed by atoms with Gasteiger partial charge in [0.25, 0.3) is 5.97 Å². The highest BCUT2D eigenvalue weighted by Gasteiger charge is 2.48. The number of aliphatic carboxylic acids is 2. The summed E-state index contributed by atoms with van der Waals surface area (Å²) in [5.41, 5.74) is -2.10. The molecule has 0 saturated heterocycles. The molecule has 0 aromatic carbocycles. The molecule has 0 spiro atoms. The molecule has 0 fully saturated rings. The number of carboxylic acids is 2. The second-order valence-corrected chi connectivity index (χ2v) is 4.38. The molecule has 0 heterocycles. The number of unbranched alkanes of at least 4 members (excludes halogenated alkanes) is 1. The van der Waals surface area contributed by atoms with Gasteiger partial charge in [-0.05, 0) is 12.8 Å². The molecule has 8 N–H and O–H groups in total. The lowest BCUT2D eigenvalue weighted by atomic mass is 9.88. The van der Waals surface area contributed by atoms with Gasteiger partial charge in [0.2, 0.25) is 0 Å². The average molecular weight is 314 g/mol. The first-order chi connectivity index (χ1) is 9.56. The maximum absolute atomic E-state index is 9.90. The van der Waals surface area contributed by atoms with E-state index in [2.05, 4.69) is 0 Å². The van der Waals surface area contributed by atoms with Crippen molar-refractivity contribution in [1.29, 1.82) is 0 Å². The maximum atomic E-state index is 9.90. The Morgan fingerprint density at radius 3 is 1.10 bits per heavy atom. The molecule has 0 amide bonds. The van der Waals surface area contributed by atoms with Crippen LogP contribution in [0.15, 0.2) is 0 Å². The van der Waals surface area contributed by atoms with Gasteiger partial charge in [0.15, 0.2) is 0 Å². The Morgan fingerprint density at radius 1 is 0.714 bits per heavy atom. The lowest BCUT2D eigenvalue weighted by molar-refractivity contribution is -0.389. The topological polar surface area (TPSA) is 196 Å². The Morgan fingerprint density at radius 2 is 1.00 bits per heavy atom. The minimum Gasteiger partial charge on any atom is -0.481 e. The van der Waals surface area contributed by atoms with Crippen LogP contribution in [0.4, 0.5) is 0 Å². The lowest BCUT2D eigenvalue weighted by Crippen LogP contribution is -2.55. The molecule has 0 unspecified atom stereocenters. The van der Waals surface area contributed by atoms with Gasteiger partial charge in [-0.1, -0.05) is 0 Å². The molecule has 0 aromatic heterocycles. The Kier molecular flexibility index (Phi) is 10.9. The molecule has 0 radical (unpaired) electrons. The Balaban J connectivity index is 0. The number of aliphatic hydroxyl groups excluding tert-OH is 3. The monoisotopic (exact) mass is 314 g/mol. The van der Waals surface area contributed by atoms with Crippen molar-refractivity contribution in [2.75, 3.05) is 19.8 Å². The second-order valence-electron chi connectivity index (χ2n) is 4.38. The molecule has 0 aliphatic heterocycles. The quantitative estimate of drug-likeness (QED) is 0.164. The summed E-state index contributed by atoms with van der Waals surface area (Å²) < 4.78 is 0. The summed E-state index contributed by atoms with van der Waals surface area (Å²) >= 11 is 0. The minimum absolute atomic E-state index is 0.0628. The van der Waals surface area contributed by atoms with Crippen molar-refractivity contribution in [2.45, 2.75) is 31.7 Å². The molecule has 21 heavy (non-hydrogen) atoms. The van der Waals surface area contributed by atoms with Crippen LogP contribution in [0.1, 0.15) is 25.7 Å². The minimum atomic E-state index is -3.29. The molecule has 0 saturated carbocycles. The summed E-state index contributed by atoms with van der Waals surface area (Å²) in [6, 6.07) is 0. The van der Waals surface area contributed by atoms with Gasteiger partial charge >= 0.3 is 11.9 Å². The predicted molar refractivity (Wildman–Crippen MR) is 66.8 cm³/mol. The third-order valence-corrected chi connectivity index (χ3v) is 2.65. The first-order valence-corrected chi connectivity index (χ1v) is 5.99. The van der Waals surface area contributed by atoms with Crippen molar-refractivity contribution in [3.05, 3.63) is 0 Å². The summed E-state index contributed by atoms with van der Waals surface area (Å²) in [6.45, 7) is -2.82. The fourth-order valence-corrected chi connectivity index (χ4v) is 1.02. The number of hydrogen-bond donors (Lipinski definition) is 8. The van der Waals surface area contributed by atoms with Gasteiger partial charge < -0.3 is 40.9 Å². The molecule has 126 valence electrons. The highest BCUT2D eigenvalue weighted by molar-refractivity contribution is 5.67. The van der Waals surface area contributed by atoms with Crippen LogP contribution in [-0.2, 0) is 9.59 Å². The van der Waals surface area contributed by atoms with E-state index in [1.54, 1.807) is 0 Å². The fourth-order valence-electron chi connectivity index (χ4n) is 1.02. The summed E-state index contributed by atoms with van der Waals surface area (Å²) in [5.74, 6) is -5.03. The Labute approximate surface area is 120 Å². The van der Waals surface area contributed by atoms with Gasteiger partial charge in [-0.2, -0.15) is 0 Å². The van der Waals surface area contributed by atoms with Crippen molar-refractivity contribution < 1.29 is 50.4 Å². The third kappa shape index (κ3) is 9.28. The molecule has 10 nitrogen and oxygen atoms in total. The molecule has 0 aliphatic rings. The molecule has 10 heteroatoms. The van der Waals surface area contributed by atoms with E-state index in [1.165, 1.54) is 0 Å². The lowest BCUT2D eigenvalue weighted by Gasteiger charge is -2.34. The highest BCUT2D eigenvalue weighted by Crippen LogP contribution is 2.25. The summed E-state index contributed by atoms with van der Waals surface area (Å²) in [7, 11) is 0. The zero-order chi connectivity index (χ0) is 17.1. The highest BCUT2D eigenvalue weighted by atomic mass is 16.7. The summed E-state index contributed by atoms with van der Waals surface area (Å²) in [4.78, 5) is 19.8. The van der Waals surface area contributed by atoms with E-state index in [4.69, 9.17) is 40.9 Å². The number of rotatable bonds is 9. The third-order valence-electron chi connectivity index (χ3n) is 2.65. The van der Waals surface area contributed by atoms with Gasteiger partial charge in [0.05, 0.1) is 19.8 Å². The number of hydrogen-bond acceptors (Lipinski definition) is 8. The second kappa shape index (κ2) is 10.4. The zero-order valence-corrected chi connectivity index (χ0v) is 11.3. The van der Waals surface area contributed by atoms with Crippen molar-refractivity contribution in [2.24, 2.45) is 5.41 Å². The van der Waals surface area contributed by atoms with E-state index < -0.39 is 43.1 Å². The van der Waals surface area contributed by atoms with Crippen molar-refractivity contribution >= 4 is 11.9 Å². The van der Waals surface area contributed by atoms with E-state index >= 15 is 0 Å². The van der Waals surface area contributed by atoms with Crippen molar-refractivity contribution in [3.63, 3.8) is 0 Å². The molecular formula is C11H22O10. The predicted octanol–water partition coefficient (Wildman–Crippen LogP) is -2.70. The molecule has 0 rings (SSSR count). The Hall–Kier alpha value is -1.30. The number of aliphatic hydroxyl groups is 6. The van der Waals surface area contributed by atoms with E-state index in [1.807, 2.05) is 0 Å². The van der Waals surface area contributed by atoms with Crippen LogP contribution in [-0.4, -0.2) is 78.6 Å². The molecule has 0 bridgehead atoms. The van der Waals surface area contributed by atoms with Gasteiger partial charge in [-0.25, -0.2) is 0 Å². The normalized spacial score (nSPS) is 11.5. The van der Waals surface area contributed by atoms with Gasteiger partial charge in [0, 0.05) is 12.8 Å². The maximum Gasteiger partial charge on any atom is 0.303 e. The van der Waals surface area contributed by atoms with Crippen molar-refractivity contribution in [1.82, 2.24) is 0 Å². The molecule has 0 aliphatic carbocycles. The average Bonchev–Trinajstić information content (AvgIpc) is 2.36. The fraction of sp³-hybridized carbons (Fsp3) is 0.818. The SMILES string of the molecule is O=C(O)CCCCC(=O)O.OCC(CO)(CO)C(O)(O)O. The van der Waals surface area contributed by atoms with Crippen LogP contribution < -0.4 is 0 Å². The van der Waals surface area contributed by atoms with Crippen molar-refractivity contribution in [3.8, 4) is 0 Å². The van der Waals surface area contributed by atoms with Crippen LogP contribution in [0.5, 0.6) is 0 Å². The summed E-state index contributed by atoms with van der Waals surface area (Å²) in [6.07, 6.45) is 1.02.